The number of benzene rings is 2. The number of nitrogens with zero attached hydrogens (tertiary/aromatic N) is 1. The molecule has 4 rings (SSSR count). The summed E-state index contributed by atoms with van der Waals surface area (Å²) in [6.45, 7) is 1.83. The normalized spacial score (nSPS) is 17.1. The van der Waals surface area contributed by atoms with Crippen molar-refractivity contribution >= 4 is 11.7 Å². The van der Waals surface area contributed by atoms with E-state index in [4.69, 9.17) is 0 Å². The van der Waals surface area contributed by atoms with Crippen LogP contribution in [-0.2, 0) is 17.9 Å². The summed E-state index contributed by atoms with van der Waals surface area (Å²) in [5.74, 6) is -0.769. The van der Waals surface area contributed by atoms with E-state index in [1.54, 1.807) is 12.2 Å². The van der Waals surface area contributed by atoms with Crippen molar-refractivity contribution in [1.29, 1.82) is 0 Å². The third-order valence-corrected chi connectivity index (χ3v) is 6.67. The van der Waals surface area contributed by atoms with Crippen molar-refractivity contribution in [2.45, 2.75) is 37.7 Å². The fourth-order valence-corrected chi connectivity index (χ4v) is 4.65. The maximum Gasteiger partial charge on any atom is 0.418 e. The van der Waals surface area contributed by atoms with E-state index in [1.807, 2.05) is 13.0 Å². The number of rotatable bonds is 6. The van der Waals surface area contributed by atoms with Crippen molar-refractivity contribution in [2.24, 2.45) is 5.92 Å². The first kappa shape index (κ1) is 28.8. The van der Waals surface area contributed by atoms with Gasteiger partial charge in [0.05, 0.1) is 16.8 Å². The van der Waals surface area contributed by atoms with E-state index in [1.165, 1.54) is 18.2 Å². The van der Waals surface area contributed by atoms with Gasteiger partial charge < -0.3 is 10.6 Å². The summed E-state index contributed by atoms with van der Waals surface area (Å²) in [7, 11) is 0. The van der Waals surface area contributed by atoms with E-state index in [2.05, 4.69) is 15.6 Å². The van der Waals surface area contributed by atoms with Crippen LogP contribution in [0.3, 0.4) is 0 Å². The third-order valence-electron chi connectivity index (χ3n) is 6.67. The standard InChI is InChI=1S/C29H24F7N3O/c1-18-6-2-3-7-19(18)17-27(20-8-4-9-21(16-20)28(31,32)33,25-24(29(34,35)36)10-5-15-37-25)39-26(40)38-23-13-11-22(30)12-14-23/h2-5,7-16,18H,6,17H2,1H3,(H2,38,39,40). The maximum atomic E-state index is 14.3. The Kier molecular flexibility index (Phi) is 8.04. The Labute approximate surface area is 225 Å². The van der Waals surface area contributed by atoms with Crippen molar-refractivity contribution in [3.8, 4) is 0 Å². The van der Waals surface area contributed by atoms with Gasteiger partial charge in [0.25, 0.3) is 0 Å². The molecule has 11 heteroatoms. The quantitative estimate of drug-likeness (QED) is 0.297. The highest BCUT2D eigenvalue weighted by Gasteiger charge is 2.47. The van der Waals surface area contributed by atoms with Crippen molar-refractivity contribution in [1.82, 2.24) is 10.3 Å². The minimum absolute atomic E-state index is 0.113. The molecule has 1 heterocycles. The SMILES string of the molecule is CC1CC=CC=C1CC(NC(=O)Nc1ccc(F)cc1)(c1cccc(C(F)(F)F)c1)c1ncccc1C(F)(F)F. The molecule has 1 aromatic heterocycles. The van der Waals surface area contributed by atoms with Crippen LogP contribution in [0.4, 0.5) is 41.2 Å². The molecule has 2 amide bonds. The molecule has 0 bridgehead atoms. The summed E-state index contributed by atoms with van der Waals surface area (Å²) in [5, 5.41) is 4.98. The maximum absolute atomic E-state index is 14.3. The van der Waals surface area contributed by atoms with Crippen LogP contribution in [0.25, 0.3) is 0 Å². The molecule has 1 aliphatic rings. The van der Waals surface area contributed by atoms with Crippen molar-refractivity contribution < 1.29 is 35.5 Å². The average Bonchev–Trinajstić information content (AvgIpc) is 2.90. The van der Waals surface area contributed by atoms with Gasteiger partial charge in [0, 0.05) is 18.3 Å². The van der Waals surface area contributed by atoms with Gasteiger partial charge in [-0.15, -0.1) is 0 Å². The number of halogens is 7. The van der Waals surface area contributed by atoms with Crippen molar-refractivity contribution in [2.75, 3.05) is 5.32 Å². The van der Waals surface area contributed by atoms with Crippen LogP contribution in [0.2, 0.25) is 0 Å². The van der Waals surface area contributed by atoms with Crippen LogP contribution in [0, 0.1) is 11.7 Å². The number of carbonyl (C=O) groups is 1. The fourth-order valence-electron chi connectivity index (χ4n) is 4.65. The Morgan fingerprint density at radius 2 is 1.65 bits per heavy atom. The molecule has 0 spiro atoms. The zero-order valence-electron chi connectivity index (χ0n) is 21.1. The van der Waals surface area contributed by atoms with Gasteiger partial charge in [-0.25, -0.2) is 9.18 Å². The van der Waals surface area contributed by atoms with Gasteiger partial charge in [0.15, 0.2) is 0 Å². The van der Waals surface area contributed by atoms with Crippen LogP contribution in [0.1, 0.15) is 42.1 Å². The summed E-state index contributed by atoms with van der Waals surface area (Å²) in [4.78, 5) is 17.4. The Morgan fingerprint density at radius 1 is 0.950 bits per heavy atom. The van der Waals surface area contributed by atoms with Gasteiger partial charge in [-0.3, -0.25) is 4.98 Å². The number of amides is 2. The Bertz CT molecular complexity index is 1430. The largest absolute Gasteiger partial charge is 0.418 e. The van der Waals surface area contributed by atoms with E-state index in [-0.39, 0.29) is 23.6 Å². The molecule has 2 atom stereocenters. The average molecular weight is 564 g/mol. The van der Waals surface area contributed by atoms with Gasteiger partial charge in [-0.2, -0.15) is 26.3 Å². The molecule has 0 aliphatic heterocycles. The van der Waals surface area contributed by atoms with Crippen LogP contribution >= 0.6 is 0 Å². The summed E-state index contributed by atoms with van der Waals surface area (Å²) in [6.07, 6.45) is -3.20. The fraction of sp³-hybridized carbons (Fsp3) is 0.241. The predicted octanol–water partition coefficient (Wildman–Crippen LogP) is 8.24. The number of hydrogen-bond donors (Lipinski definition) is 2. The number of carbonyl (C=O) groups excluding carboxylic acids is 1. The molecule has 210 valence electrons. The molecular weight excluding hydrogens is 539 g/mol. The van der Waals surface area contributed by atoms with Gasteiger partial charge in [-0.1, -0.05) is 42.9 Å². The highest BCUT2D eigenvalue weighted by molar-refractivity contribution is 5.90. The first-order valence-electron chi connectivity index (χ1n) is 12.2. The molecule has 3 aromatic rings. The molecule has 0 fully saturated rings. The topological polar surface area (TPSA) is 54.0 Å². The molecule has 4 nitrogen and oxygen atoms in total. The summed E-state index contributed by atoms with van der Waals surface area (Å²) in [5.41, 5.74) is -4.72. The zero-order valence-corrected chi connectivity index (χ0v) is 21.1. The first-order valence-corrected chi connectivity index (χ1v) is 12.2. The number of alkyl halides is 6. The van der Waals surface area contributed by atoms with E-state index in [0.717, 1.165) is 48.7 Å². The van der Waals surface area contributed by atoms with Crippen molar-refractivity contribution in [3.05, 3.63) is 119 Å². The molecule has 2 unspecified atom stereocenters. The smallest absolute Gasteiger partial charge is 0.322 e. The molecule has 40 heavy (non-hydrogen) atoms. The van der Waals surface area contributed by atoms with Gasteiger partial charge in [-0.05, 0) is 66.4 Å². The first-order chi connectivity index (χ1) is 18.8. The minimum atomic E-state index is -4.95. The lowest BCUT2D eigenvalue weighted by atomic mass is 9.75. The van der Waals surface area contributed by atoms with Gasteiger partial charge in [0.1, 0.15) is 11.4 Å². The molecular formula is C29H24F7N3O. The number of hydrogen-bond acceptors (Lipinski definition) is 2. The molecule has 0 saturated carbocycles. The summed E-state index contributed by atoms with van der Waals surface area (Å²) in [6, 6.07) is 9.22. The summed E-state index contributed by atoms with van der Waals surface area (Å²) >= 11 is 0. The van der Waals surface area contributed by atoms with Crippen LogP contribution in [0.5, 0.6) is 0 Å². The number of urea groups is 1. The highest BCUT2D eigenvalue weighted by atomic mass is 19.4. The molecule has 0 saturated heterocycles. The third kappa shape index (κ3) is 6.35. The second-order valence-electron chi connectivity index (χ2n) is 9.45. The van der Waals surface area contributed by atoms with E-state index in [0.29, 0.717) is 12.0 Å². The second kappa shape index (κ2) is 11.1. The van der Waals surface area contributed by atoms with E-state index < -0.39 is 46.6 Å². The number of allylic oxidation sites excluding steroid dienone is 3. The monoisotopic (exact) mass is 563 g/mol. The lowest BCUT2D eigenvalue weighted by Gasteiger charge is -2.39. The zero-order chi connectivity index (χ0) is 29.1. The van der Waals surface area contributed by atoms with Crippen LogP contribution < -0.4 is 10.6 Å². The number of aromatic nitrogens is 1. The van der Waals surface area contributed by atoms with Gasteiger partial charge >= 0.3 is 18.4 Å². The van der Waals surface area contributed by atoms with E-state index in [9.17, 15) is 35.5 Å². The molecule has 2 N–H and O–H groups in total. The minimum Gasteiger partial charge on any atom is -0.322 e. The van der Waals surface area contributed by atoms with Crippen LogP contribution in [-0.4, -0.2) is 11.0 Å². The number of nitrogens with one attached hydrogen (secondary N) is 2. The van der Waals surface area contributed by atoms with Crippen molar-refractivity contribution in [3.63, 3.8) is 0 Å². The highest BCUT2D eigenvalue weighted by Crippen LogP contribution is 2.44. The summed E-state index contributed by atoms with van der Waals surface area (Å²) < 4.78 is 97.7. The Morgan fingerprint density at radius 3 is 2.30 bits per heavy atom. The number of pyridine rings is 1. The lowest BCUT2D eigenvalue weighted by Crippen LogP contribution is -2.50. The Hall–Kier alpha value is -4.15. The molecule has 2 aromatic carbocycles. The predicted molar refractivity (Wildman–Crippen MR) is 136 cm³/mol. The Balaban J connectivity index is 1.97. The number of anilines is 1. The lowest BCUT2D eigenvalue weighted by molar-refractivity contribution is -0.139. The molecule has 1 aliphatic carbocycles. The van der Waals surface area contributed by atoms with E-state index >= 15 is 0 Å². The van der Waals surface area contributed by atoms with Gasteiger partial charge in [0.2, 0.25) is 0 Å². The molecule has 0 radical (unpaired) electrons. The van der Waals surface area contributed by atoms with Crippen LogP contribution in [0.15, 0.2) is 90.7 Å². The second-order valence-corrected chi connectivity index (χ2v) is 9.45.